The van der Waals surface area contributed by atoms with Crippen LogP contribution in [-0.2, 0) is 6.54 Å². The van der Waals surface area contributed by atoms with Gasteiger partial charge in [-0.15, -0.1) is 0 Å². The molecular weight excluding hydrogens is 248 g/mol. The van der Waals surface area contributed by atoms with Crippen molar-refractivity contribution in [3.8, 4) is 5.75 Å². The number of aromatic nitrogens is 1. The molecule has 1 aromatic rings. The Labute approximate surface area is 122 Å². The van der Waals surface area contributed by atoms with Crippen LogP contribution in [0.3, 0.4) is 0 Å². The molecule has 0 radical (unpaired) electrons. The van der Waals surface area contributed by atoms with Gasteiger partial charge < -0.3 is 10.1 Å². The molecule has 0 saturated heterocycles. The number of ether oxygens (including phenoxy) is 1. The zero-order chi connectivity index (χ0) is 13.9. The van der Waals surface area contributed by atoms with Gasteiger partial charge in [0.25, 0.3) is 0 Å². The van der Waals surface area contributed by atoms with E-state index in [-0.39, 0.29) is 0 Å². The summed E-state index contributed by atoms with van der Waals surface area (Å²) in [7, 11) is 0. The lowest BCUT2D eigenvalue weighted by Gasteiger charge is -2.32. The smallest absolute Gasteiger partial charge is 0.127 e. The largest absolute Gasteiger partial charge is 0.490 e. The zero-order valence-corrected chi connectivity index (χ0v) is 12.6. The van der Waals surface area contributed by atoms with Crippen LogP contribution in [0, 0.1) is 11.8 Å². The molecule has 0 aliphatic heterocycles. The van der Waals surface area contributed by atoms with E-state index in [1.807, 2.05) is 18.5 Å². The van der Waals surface area contributed by atoms with E-state index < -0.39 is 0 Å². The molecule has 0 bridgehead atoms. The third-order valence-electron chi connectivity index (χ3n) is 4.45. The van der Waals surface area contributed by atoms with Gasteiger partial charge in [0.05, 0.1) is 6.10 Å². The van der Waals surface area contributed by atoms with Crippen LogP contribution in [0.1, 0.15) is 51.5 Å². The van der Waals surface area contributed by atoms with Crippen molar-refractivity contribution in [1.29, 1.82) is 0 Å². The third kappa shape index (κ3) is 3.72. The van der Waals surface area contributed by atoms with E-state index in [2.05, 4.69) is 24.1 Å². The molecule has 2 aliphatic rings. The van der Waals surface area contributed by atoms with E-state index in [0.29, 0.717) is 6.10 Å². The van der Waals surface area contributed by atoms with Gasteiger partial charge in [-0.05, 0) is 50.0 Å². The van der Waals surface area contributed by atoms with Gasteiger partial charge in [-0.2, -0.15) is 0 Å². The first-order valence-corrected chi connectivity index (χ1v) is 8.03. The Kier molecular flexibility index (Phi) is 4.25. The predicted octanol–water partition coefficient (Wildman–Crippen LogP) is 3.54. The number of hydrogen-bond acceptors (Lipinski definition) is 3. The highest BCUT2D eigenvalue weighted by atomic mass is 16.5. The molecular formula is C17H26N2O. The Morgan fingerprint density at radius 2 is 1.95 bits per heavy atom. The fourth-order valence-electron chi connectivity index (χ4n) is 3.35. The SMILES string of the molecule is CC1CC(C)CC(Oc2ccncc2CNC2CC2)C1. The van der Waals surface area contributed by atoms with Crippen molar-refractivity contribution >= 4 is 0 Å². The minimum absolute atomic E-state index is 0.371. The van der Waals surface area contributed by atoms with Gasteiger partial charge in [-0.25, -0.2) is 0 Å². The number of pyridine rings is 1. The maximum Gasteiger partial charge on any atom is 0.127 e. The number of nitrogens with zero attached hydrogens (tertiary/aromatic N) is 1. The van der Waals surface area contributed by atoms with Crippen molar-refractivity contribution in [3.05, 3.63) is 24.0 Å². The lowest BCUT2D eigenvalue weighted by molar-refractivity contribution is 0.0998. The minimum atomic E-state index is 0.371. The van der Waals surface area contributed by atoms with Crippen molar-refractivity contribution in [1.82, 2.24) is 10.3 Å². The second kappa shape index (κ2) is 6.13. The molecule has 0 aromatic carbocycles. The van der Waals surface area contributed by atoms with E-state index in [0.717, 1.165) is 30.2 Å². The van der Waals surface area contributed by atoms with E-state index in [1.54, 1.807) is 0 Å². The highest BCUT2D eigenvalue weighted by Gasteiger charge is 2.26. The molecule has 0 amide bonds. The molecule has 20 heavy (non-hydrogen) atoms. The van der Waals surface area contributed by atoms with Crippen molar-refractivity contribution < 1.29 is 4.74 Å². The standard InChI is InChI=1S/C17H26N2O/c1-12-7-13(2)9-16(8-12)20-17-5-6-18-10-14(17)11-19-15-3-4-15/h5-6,10,12-13,15-16,19H,3-4,7-9,11H2,1-2H3. The van der Waals surface area contributed by atoms with E-state index in [4.69, 9.17) is 4.74 Å². The Balaban J connectivity index is 1.63. The average Bonchev–Trinajstić information content (AvgIpc) is 3.20. The van der Waals surface area contributed by atoms with Gasteiger partial charge in [0.2, 0.25) is 0 Å². The van der Waals surface area contributed by atoms with Gasteiger partial charge in [0.15, 0.2) is 0 Å². The van der Waals surface area contributed by atoms with Gasteiger partial charge in [0.1, 0.15) is 5.75 Å². The quantitative estimate of drug-likeness (QED) is 0.892. The summed E-state index contributed by atoms with van der Waals surface area (Å²) in [5.41, 5.74) is 1.20. The van der Waals surface area contributed by atoms with Gasteiger partial charge in [-0.1, -0.05) is 13.8 Å². The van der Waals surface area contributed by atoms with E-state index in [1.165, 1.54) is 37.7 Å². The van der Waals surface area contributed by atoms with Crippen LogP contribution >= 0.6 is 0 Å². The van der Waals surface area contributed by atoms with Crippen LogP contribution in [0.25, 0.3) is 0 Å². The fourth-order valence-corrected chi connectivity index (χ4v) is 3.35. The summed E-state index contributed by atoms with van der Waals surface area (Å²) in [5, 5.41) is 3.55. The molecule has 2 atom stereocenters. The Morgan fingerprint density at radius 1 is 1.20 bits per heavy atom. The second-order valence-electron chi connectivity index (χ2n) is 6.80. The molecule has 3 rings (SSSR count). The molecule has 1 aromatic heterocycles. The lowest BCUT2D eigenvalue weighted by atomic mass is 9.82. The number of hydrogen-bond donors (Lipinski definition) is 1. The first-order chi connectivity index (χ1) is 9.70. The first-order valence-electron chi connectivity index (χ1n) is 8.03. The molecule has 3 nitrogen and oxygen atoms in total. The maximum atomic E-state index is 6.30. The van der Waals surface area contributed by atoms with Gasteiger partial charge >= 0.3 is 0 Å². The molecule has 110 valence electrons. The molecule has 2 unspecified atom stereocenters. The number of rotatable bonds is 5. The molecule has 0 spiro atoms. The van der Waals surface area contributed by atoms with Crippen LogP contribution in [0.15, 0.2) is 18.5 Å². The van der Waals surface area contributed by atoms with Gasteiger partial charge in [-0.3, -0.25) is 4.98 Å². The predicted molar refractivity (Wildman–Crippen MR) is 80.7 cm³/mol. The molecule has 1 heterocycles. The summed E-state index contributed by atoms with van der Waals surface area (Å²) in [4.78, 5) is 4.25. The normalized spacial score (nSPS) is 30.2. The third-order valence-corrected chi connectivity index (χ3v) is 4.45. The Hall–Kier alpha value is -1.09. The summed E-state index contributed by atoms with van der Waals surface area (Å²) in [6.07, 6.45) is 10.5. The maximum absolute atomic E-state index is 6.30. The van der Waals surface area contributed by atoms with Crippen LogP contribution < -0.4 is 10.1 Å². The highest BCUT2D eigenvalue weighted by molar-refractivity contribution is 5.30. The summed E-state index contributed by atoms with van der Waals surface area (Å²) in [6.45, 7) is 5.56. The second-order valence-corrected chi connectivity index (χ2v) is 6.80. The van der Waals surface area contributed by atoms with Crippen LogP contribution in [0.5, 0.6) is 5.75 Å². The summed E-state index contributed by atoms with van der Waals surface area (Å²) >= 11 is 0. The first kappa shape index (κ1) is 13.9. The van der Waals surface area contributed by atoms with Crippen LogP contribution in [0.4, 0.5) is 0 Å². The Bertz CT molecular complexity index is 434. The molecule has 3 heteroatoms. The van der Waals surface area contributed by atoms with Crippen LogP contribution in [-0.4, -0.2) is 17.1 Å². The molecule has 2 fully saturated rings. The van der Waals surface area contributed by atoms with E-state index >= 15 is 0 Å². The molecule has 1 N–H and O–H groups in total. The topological polar surface area (TPSA) is 34.1 Å². The van der Waals surface area contributed by atoms with Crippen LogP contribution in [0.2, 0.25) is 0 Å². The van der Waals surface area contributed by atoms with Crippen molar-refractivity contribution in [2.75, 3.05) is 0 Å². The van der Waals surface area contributed by atoms with E-state index in [9.17, 15) is 0 Å². The van der Waals surface area contributed by atoms with Crippen molar-refractivity contribution in [2.45, 2.75) is 64.6 Å². The highest BCUT2D eigenvalue weighted by Crippen LogP contribution is 2.32. The summed E-state index contributed by atoms with van der Waals surface area (Å²) in [5.74, 6) is 2.58. The summed E-state index contributed by atoms with van der Waals surface area (Å²) < 4.78 is 6.30. The monoisotopic (exact) mass is 274 g/mol. The Morgan fingerprint density at radius 3 is 2.65 bits per heavy atom. The minimum Gasteiger partial charge on any atom is -0.490 e. The zero-order valence-electron chi connectivity index (χ0n) is 12.6. The summed E-state index contributed by atoms with van der Waals surface area (Å²) in [6, 6.07) is 2.74. The molecule has 2 saturated carbocycles. The number of nitrogens with one attached hydrogen (secondary N) is 1. The van der Waals surface area contributed by atoms with Gasteiger partial charge in [0, 0.05) is 30.5 Å². The fraction of sp³-hybridized carbons (Fsp3) is 0.706. The lowest BCUT2D eigenvalue weighted by Crippen LogP contribution is -2.29. The van der Waals surface area contributed by atoms with Crippen molar-refractivity contribution in [2.24, 2.45) is 11.8 Å². The molecule has 2 aliphatic carbocycles. The average molecular weight is 274 g/mol. The van der Waals surface area contributed by atoms with Crippen molar-refractivity contribution in [3.63, 3.8) is 0 Å².